The number of benzene rings is 3. The third-order valence-corrected chi connectivity index (χ3v) is 6.19. The first kappa shape index (κ1) is 21.2. The lowest BCUT2D eigenvalue weighted by atomic mass is 9.88. The van der Waals surface area contributed by atoms with Crippen LogP contribution in [0.1, 0.15) is 35.1 Å². The molecule has 0 heterocycles. The average Bonchev–Trinajstić information content (AvgIpc) is 2.94. The summed E-state index contributed by atoms with van der Waals surface area (Å²) in [5.41, 5.74) is 0.777. The number of alkyl halides is 3. The summed E-state index contributed by atoms with van der Waals surface area (Å²) in [4.78, 5) is 0. The van der Waals surface area contributed by atoms with Gasteiger partial charge in [0.25, 0.3) is 0 Å². The van der Waals surface area contributed by atoms with Crippen molar-refractivity contribution in [3.05, 3.63) is 101 Å². The first-order valence-corrected chi connectivity index (χ1v) is 11.1. The van der Waals surface area contributed by atoms with Crippen LogP contribution in [0.2, 0.25) is 0 Å². The lowest BCUT2D eigenvalue weighted by molar-refractivity contribution is -0.0500. The molecule has 3 nitrogen and oxygen atoms in total. The van der Waals surface area contributed by atoms with Crippen LogP contribution in [0.5, 0.6) is 5.75 Å². The Hall–Kier alpha value is -3.06. The van der Waals surface area contributed by atoms with Crippen LogP contribution >= 0.6 is 0 Å². The van der Waals surface area contributed by atoms with E-state index >= 15 is 0 Å². The Bertz CT molecular complexity index is 1210. The number of halogens is 3. The van der Waals surface area contributed by atoms with Crippen LogP contribution in [0.4, 0.5) is 13.2 Å². The fourth-order valence-corrected chi connectivity index (χ4v) is 4.29. The molecule has 0 bridgehead atoms. The van der Waals surface area contributed by atoms with E-state index < -0.39 is 15.6 Å². The van der Waals surface area contributed by atoms with Crippen molar-refractivity contribution in [3.8, 4) is 5.75 Å². The van der Waals surface area contributed by atoms with Gasteiger partial charge in [0.05, 0.1) is 0 Å². The largest absolute Gasteiger partial charge is 0.534 e. The second kappa shape index (κ2) is 8.23. The highest BCUT2D eigenvalue weighted by molar-refractivity contribution is 7.88. The van der Waals surface area contributed by atoms with Crippen molar-refractivity contribution in [1.29, 1.82) is 0 Å². The topological polar surface area (TPSA) is 43.4 Å². The molecule has 0 N–H and O–H groups in total. The van der Waals surface area contributed by atoms with Gasteiger partial charge < -0.3 is 4.18 Å². The van der Waals surface area contributed by atoms with Crippen molar-refractivity contribution in [3.63, 3.8) is 0 Å². The zero-order valence-electron chi connectivity index (χ0n) is 16.4. The summed E-state index contributed by atoms with van der Waals surface area (Å²) in [5, 5.41) is 0. The fourth-order valence-electron chi connectivity index (χ4n) is 3.83. The lowest BCUT2D eigenvalue weighted by Gasteiger charge is -2.17. The van der Waals surface area contributed by atoms with Crippen LogP contribution < -0.4 is 4.18 Å². The fraction of sp³-hybridized carbons (Fsp3) is 0.167. The van der Waals surface area contributed by atoms with E-state index in [0.29, 0.717) is 0 Å². The van der Waals surface area contributed by atoms with Gasteiger partial charge in [0.15, 0.2) is 0 Å². The van der Waals surface area contributed by atoms with Gasteiger partial charge in [-0.2, -0.15) is 21.6 Å². The number of hydrogen-bond donors (Lipinski definition) is 0. The normalized spacial score (nSPS) is 14.7. The number of rotatable bonds is 4. The molecule has 0 saturated carbocycles. The zero-order valence-corrected chi connectivity index (χ0v) is 17.2. The Morgan fingerprint density at radius 2 is 1.39 bits per heavy atom. The van der Waals surface area contributed by atoms with Crippen molar-refractivity contribution in [2.24, 2.45) is 0 Å². The smallest absolute Gasteiger partial charge is 0.376 e. The molecule has 3 aromatic carbocycles. The Kier molecular flexibility index (Phi) is 5.62. The molecule has 31 heavy (non-hydrogen) atoms. The Morgan fingerprint density at radius 3 is 2.06 bits per heavy atom. The molecule has 0 spiro atoms. The van der Waals surface area contributed by atoms with Gasteiger partial charge in [-0.05, 0) is 64.8 Å². The number of hydrogen-bond acceptors (Lipinski definition) is 3. The molecule has 0 aliphatic heterocycles. The average molecular weight is 444 g/mol. The van der Waals surface area contributed by atoms with Gasteiger partial charge in [0.2, 0.25) is 0 Å². The molecule has 0 fully saturated rings. The van der Waals surface area contributed by atoms with Crippen LogP contribution in [-0.4, -0.2) is 13.9 Å². The SMILES string of the molecule is O=S(=O)(Oc1ccc(C2=C(c3ccccc3)CCCc3ccccc32)cc1)C(F)(F)F. The molecule has 0 atom stereocenters. The quantitative estimate of drug-likeness (QED) is 0.355. The summed E-state index contributed by atoms with van der Waals surface area (Å²) in [5.74, 6) is -0.384. The van der Waals surface area contributed by atoms with E-state index in [2.05, 4.69) is 10.2 Å². The maximum atomic E-state index is 12.6. The minimum atomic E-state index is -5.71. The molecule has 3 aromatic rings. The minimum absolute atomic E-state index is 0.384. The monoisotopic (exact) mass is 444 g/mol. The van der Waals surface area contributed by atoms with Gasteiger partial charge in [0, 0.05) is 0 Å². The van der Waals surface area contributed by atoms with E-state index in [0.717, 1.165) is 47.1 Å². The summed E-state index contributed by atoms with van der Waals surface area (Å²) in [7, 11) is -5.71. The van der Waals surface area contributed by atoms with Crippen molar-refractivity contribution >= 4 is 21.3 Å². The predicted octanol–water partition coefficient (Wildman–Crippen LogP) is 6.21. The van der Waals surface area contributed by atoms with Gasteiger partial charge in [-0.1, -0.05) is 66.7 Å². The van der Waals surface area contributed by atoms with E-state index in [-0.39, 0.29) is 5.75 Å². The van der Waals surface area contributed by atoms with E-state index in [1.165, 1.54) is 17.7 Å². The summed E-state index contributed by atoms with van der Waals surface area (Å²) in [6.07, 6.45) is 2.73. The van der Waals surface area contributed by atoms with Gasteiger partial charge in [0.1, 0.15) is 5.75 Å². The highest BCUT2D eigenvalue weighted by Gasteiger charge is 2.48. The molecule has 1 aliphatic rings. The van der Waals surface area contributed by atoms with E-state index in [4.69, 9.17) is 0 Å². The number of fused-ring (bicyclic) bond motifs is 1. The third kappa shape index (κ3) is 4.37. The standard InChI is InChI=1S/C24H19F3O3S/c25-24(26,27)31(28,29)30-20-15-13-19(14-16-20)23-21-11-5-4-9-18(21)10-6-12-22(23)17-7-2-1-3-8-17/h1-5,7-9,11,13-16H,6,10,12H2. The van der Waals surface area contributed by atoms with Crippen LogP contribution in [-0.2, 0) is 16.5 Å². The van der Waals surface area contributed by atoms with E-state index in [1.54, 1.807) is 12.1 Å². The Balaban J connectivity index is 1.82. The molecule has 0 saturated heterocycles. The molecular formula is C24H19F3O3S. The second-order valence-corrected chi connectivity index (χ2v) is 8.78. The highest BCUT2D eigenvalue weighted by Crippen LogP contribution is 2.40. The minimum Gasteiger partial charge on any atom is -0.376 e. The van der Waals surface area contributed by atoms with Crippen LogP contribution in [0, 0.1) is 0 Å². The predicted molar refractivity (Wildman–Crippen MR) is 114 cm³/mol. The van der Waals surface area contributed by atoms with Crippen LogP contribution in [0.25, 0.3) is 11.1 Å². The Morgan fingerprint density at radius 1 is 0.742 bits per heavy atom. The van der Waals surface area contributed by atoms with Crippen molar-refractivity contribution in [2.45, 2.75) is 24.8 Å². The summed E-state index contributed by atoms with van der Waals surface area (Å²) >= 11 is 0. The lowest BCUT2D eigenvalue weighted by Crippen LogP contribution is -2.28. The Labute approximate surface area is 178 Å². The van der Waals surface area contributed by atoms with Gasteiger partial charge in [-0.25, -0.2) is 0 Å². The summed E-state index contributed by atoms with van der Waals surface area (Å²) in [6, 6.07) is 23.7. The maximum absolute atomic E-state index is 12.6. The molecular weight excluding hydrogens is 425 g/mol. The first-order valence-electron chi connectivity index (χ1n) is 9.74. The summed E-state index contributed by atoms with van der Waals surface area (Å²) < 4.78 is 64.7. The zero-order chi connectivity index (χ0) is 22.1. The molecule has 0 amide bonds. The van der Waals surface area contributed by atoms with Crippen LogP contribution in [0.15, 0.2) is 78.9 Å². The number of aryl methyl sites for hydroxylation is 1. The number of allylic oxidation sites excluding steroid dienone is 1. The van der Waals surface area contributed by atoms with Gasteiger partial charge in [-0.3, -0.25) is 0 Å². The molecule has 7 heteroatoms. The molecule has 1 aliphatic carbocycles. The van der Waals surface area contributed by atoms with Crippen molar-refractivity contribution in [1.82, 2.24) is 0 Å². The molecule has 0 aromatic heterocycles. The second-order valence-electron chi connectivity index (χ2n) is 7.24. The van der Waals surface area contributed by atoms with Crippen LogP contribution in [0.3, 0.4) is 0 Å². The maximum Gasteiger partial charge on any atom is 0.534 e. The molecule has 160 valence electrons. The van der Waals surface area contributed by atoms with E-state index in [1.807, 2.05) is 48.5 Å². The highest BCUT2D eigenvalue weighted by atomic mass is 32.2. The van der Waals surface area contributed by atoms with Crippen molar-refractivity contribution < 1.29 is 25.8 Å². The van der Waals surface area contributed by atoms with E-state index in [9.17, 15) is 21.6 Å². The summed E-state index contributed by atoms with van der Waals surface area (Å²) in [6.45, 7) is 0. The van der Waals surface area contributed by atoms with Crippen molar-refractivity contribution in [2.75, 3.05) is 0 Å². The molecule has 0 unspecified atom stereocenters. The van der Waals surface area contributed by atoms with Gasteiger partial charge >= 0.3 is 15.6 Å². The van der Waals surface area contributed by atoms with Gasteiger partial charge in [-0.15, -0.1) is 0 Å². The third-order valence-electron chi connectivity index (χ3n) is 5.22. The first-order chi connectivity index (χ1) is 14.8. The molecule has 4 rings (SSSR count). The molecule has 0 radical (unpaired) electrons.